The Balaban J connectivity index is 1.84. The highest BCUT2D eigenvalue weighted by atomic mass is 35.5. The average molecular weight is 333 g/mol. The zero-order chi connectivity index (χ0) is 16.8. The zero-order valence-corrected chi connectivity index (χ0v) is 14.2. The number of halogens is 1. The highest BCUT2D eigenvalue weighted by Gasteiger charge is 2.09. The molecular weight excluding hydrogens is 312 g/mol. The number of anilines is 1. The first kappa shape index (κ1) is 17.2. The number of urea groups is 1. The van der Waals surface area contributed by atoms with Gasteiger partial charge in [0, 0.05) is 10.7 Å². The van der Waals surface area contributed by atoms with Crippen molar-refractivity contribution in [2.24, 2.45) is 0 Å². The molecule has 4 nitrogen and oxygen atoms in total. The van der Waals surface area contributed by atoms with Crippen LogP contribution in [0.2, 0.25) is 5.02 Å². The summed E-state index contributed by atoms with van der Waals surface area (Å²) in [5.74, 6) is 1.19. The molecule has 0 radical (unpaired) electrons. The summed E-state index contributed by atoms with van der Waals surface area (Å²) in [7, 11) is 0. The van der Waals surface area contributed by atoms with Crippen LogP contribution in [0.3, 0.4) is 0 Å². The van der Waals surface area contributed by atoms with Gasteiger partial charge in [0.05, 0.1) is 0 Å². The predicted molar refractivity (Wildman–Crippen MR) is 94.2 cm³/mol. The van der Waals surface area contributed by atoms with Crippen molar-refractivity contribution in [2.45, 2.75) is 32.9 Å². The maximum atomic E-state index is 11.9. The van der Waals surface area contributed by atoms with Crippen molar-refractivity contribution in [1.29, 1.82) is 0 Å². The molecule has 0 saturated heterocycles. The summed E-state index contributed by atoms with van der Waals surface area (Å²) in [4.78, 5) is 11.9. The Morgan fingerprint density at radius 3 is 2.17 bits per heavy atom. The lowest BCUT2D eigenvalue weighted by Gasteiger charge is -2.17. The summed E-state index contributed by atoms with van der Waals surface area (Å²) in [6, 6.07) is 14.4. The molecule has 2 N–H and O–H groups in total. The van der Waals surface area contributed by atoms with Crippen LogP contribution in [0, 0.1) is 0 Å². The summed E-state index contributed by atoms with van der Waals surface area (Å²) >= 11 is 5.81. The van der Waals surface area contributed by atoms with Crippen LogP contribution in [-0.4, -0.2) is 12.3 Å². The molecule has 2 aromatic rings. The molecule has 5 heteroatoms. The number of carbonyl (C=O) groups is 1. The first-order valence-corrected chi connectivity index (χ1v) is 7.91. The third-order valence-corrected chi connectivity index (χ3v) is 3.55. The minimum absolute atomic E-state index is 0.335. The van der Waals surface area contributed by atoms with Crippen LogP contribution in [0.4, 0.5) is 10.5 Å². The van der Waals surface area contributed by atoms with Crippen molar-refractivity contribution in [2.75, 3.05) is 5.32 Å². The molecule has 0 aromatic heterocycles. The molecule has 1 unspecified atom stereocenters. The Hall–Kier alpha value is -2.20. The third-order valence-electron chi connectivity index (χ3n) is 3.30. The molecule has 0 fully saturated rings. The molecule has 2 aromatic carbocycles. The van der Waals surface area contributed by atoms with Gasteiger partial charge in [-0.25, -0.2) is 4.79 Å². The van der Waals surface area contributed by atoms with Gasteiger partial charge in [0.2, 0.25) is 0 Å². The Morgan fingerprint density at radius 2 is 1.61 bits per heavy atom. The van der Waals surface area contributed by atoms with E-state index in [-0.39, 0.29) is 6.03 Å². The Bertz CT molecular complexity index is 639. The van der Waals surface area contributed by atoms with Gasteiger partial charge in [0.15, 0.2) is 6.23 Å². The van der Waals surface area contributed by atoms with E-state index in [9.17, 15) is 4.79 Å². The monoisotopic (exact) mass is 332 g/mol. The molecule has 0 aliphatic heterocycles. The van der Waals surface area contributed by atoms with Crippen molar-refractivity contribution >= 4 is 23.3 Å². The minimum atomic E-state index is -0.452. The van der Waals surface area contributed by atoms with E-state index in [1.807, 2.05) is 24.3 Å². The third kappa shape index (κ3) is 5.49. The van der Waals surface area contributed by atoms with Gasteiger partial charge in [-0.1, -0.05) is 37.6 Å². The number of amides is 2. The minimum Gasteiger partial charge on any atom is -0.471 e. The number of carbonyl (C=O) groups excluding carboxylic acids is 1. The fourth-order valence-corrected chi connectivity index (χ4v) is 2.18. The van der Waals surface area contributed by atoms with E-state index in [1.54, 1.807) is 31.2 Å². The van der Waals surface area contributed by atoms with Crippen LogP contribution < -0.4 is 15.4 Å². The van der Waals surface area contributed by atoms with Gasteiger partial charge < -0.3 is 15.4 Å². The molecule has 0 heterocycles. The Morgan fingerprint density at radius 1 is 1.00 bits per heavy atom. The van der Waals surface area contributed by atoms with Crippen LogP contribution in [-0.2, 0) is 0 Å². The topological polar surface area (TPSA) is 50.4 Å². The van der Waals surface area contributed by atoms with Gasteiger partial charge in [-0.05, 0) is 54.8 Å². The van der Waals surface area contributed by atoms with Crippen LogP contribution in [0.5, 0.6) is 5.75 Å². The van der Waals surface area contributed by atoms with Crippen LogP contribution in [0.1, 0.15) is 32.3 Å². The molecule has 0 saturated carbocycles. The van der Waals surface area contributed by atoms with Crippen molar-refractivity contribution in [3.05, 3.63) is 59.1 Å². The van der Waals surface area contributed by atoms with Gasteiger partial charge in [0.25, 0.3) is 0 Å². The van der Waals surface area contributed by atoms with Crippen molar-refractivity contribution in [3.8, 4) is 5.75 Å². The molecule has 0 spiro atoms. The van der Waals surface area contributed by atoms with E-state index in [0.717, 1.165) is 0 Å². The van der Waals surface area contributed by atoms with Crippen LogP contribution >= 0.6 is 11.6 Å². The van der Waals surface area contributed by atoms with E-state index >= 15 is 0 Å². The molecule has 0 bridgehead atoms. The lowest BCUT2D eigenvalue weighted by molar-refractivity contribution is 0.183. The number of rotatable bonds is 5. The molecular formula is C18H21ClN2O2. The molecule has 2 rings (SSSR count). The summed E-state index contributed by atoms with van der Waals surface area (Å²) in [6.07, 6.45) is -0.452. The Kier molecular flexibility index (Phi) is 5.88. The zero-order valence-electron chi connectivity index (χ0n) is 13.5. The number of nitrogens with one attached hydrogen (secondary N) is 2. The number of benzene rings is 2. The quantitative estimate of drug-likeness (QED) is 0.756. The summed E-state index contributed by atoms with van der Waals surface area (Å²) in [5.41, 5.74) is 1.92. The predicted octanol–water partition coefficient (Wildman–Crippen LogP) is 5.01. The lowest BCUT2D eigenvalue weighted by atomic mass is 10.0. The smallest absolute Gasteiger partial charge is 0.322 e. The fourth-order valence-electron chi connectivity index (χ4n) is 2.05. The van der Waals surface area contributed by atoms with Crippen molar-refractivity contribution in [3.63, 3.8) is 0 Å². The maximum Gasteiger partial charge on any atom is 0.322 e. The largest absolute Gasteiger partial charge is 0.471 e. The molecule has 122 valence electrons. The van der Waals surface area contributed by atoms with E-state index in [0.29, 0.717) is 22.4 Å². The molecule has 0 aliphatic carbocycles. The highest BCUT2D eigenvalue weighted by Crippen LogP contribution is 2.19. The van der Waals surface area contributed by atoms with Gasteiger partial charge >= 0.3 is 6.03 Å². The summed E-state index contributed by atoms with van der Waals surface area (Å²) in [5, 5.41) is 6.07. The van der Waals surface area contributed by atoms with E-state index in [2.05, 4.69) is 24.5 Å². The van der Waals surface area contributed by atoms with Crippen LogP contribution in [0.25, 0.3) is 0 Å². The first-order valence-electron chi connectivity index (χ1n) is 7.54. The highest BCUT2D eigenvalue weighted by molar-refractivity contribution is 6.30. The average Bonchev–Trinajstić information content (AvgIpc) is 2.50. The van der Waals surface area contributed by atoms with Gasteiger partial charge in [0.1, 0.15) is 5.75 Å². The van der Waals surface area contributed by atoms with E-state index in [4.69, 9.17) is 16.3 Å². The standard InChI is InChI=1S/C18H21ClN2O2/c1-12(2)14-4-10-17(11-5-14)23-13(3)20-18(22)21-16-8-6-15(19)7-9-16/h4-13H,1-3H3,(H2,20,21,22). The van der Waals surface area contributed by atoms with Gasteiger partial charge in [-0.15, -0.1) is 0 Å². The van der Waals surface area contributed by atoms with Crippen molar-refractivity contribution < 1.29 is 9.53 Å². The SMILES string of the molecule is CC(NC(=O)Nc1ccc(Cl)cc1)Oc1ccc(C(C)C)cc1. The fraction of sp³-hybridized carbons (Fsp3) is 0.278. The number of hydrogen-bond acceptors (Lipinski definition) is 2. The summed E-state index contributed by atoms with van der Waals surface area (Å²) < 4.78 is 5.68. The van der Waals surface area contributed by atoms with Crippen LogP contribution in [0.15, 0.2) is 48.5 Å². The normalized spacial score (nSPS) is 11.9. The maximum absolute atomic E-state index is 11.9. The van der Waals surface area contributed by atoms with E-state index in [1.165, 1.54) is 5.56 Å². The molecule has 23 heavy (non-hydrogen) atoms. The Labute approximate surface area is 141 Å². The van der Waals surface area contributed by atoms with E-state index < -0.39 is 6.23 Å². The van der Waals surface area contributed by atoms with Gasteiger partial charge in [-0.2, -0.15) is 0 Å². The number of ether oxygens (including phenoxy) is 1. The second-order valence-corrected chi connectivity index (χ2v) is 6.03. The summed E-state index contributed by atoms with van der Waals surface area (Å²) in [6.45, 7) is 6.06. The first-order chi connectivity index (χ1) is 10.9. The van der Waals surface area contributed by atoms with Gasteiger partial charge in [-0.3, -0.25) is 0 Å². The van der Waals surface area contributed by atoms with Crippen molar-refractivity contribution in [1.82, 2.24) is 5.32 Å². The number of hydrogen-bond donors (Lipinski definition) is 2. The molecule has 2 amide bonds. The molecule has 0 aliphatic rings. The second-order valence-electron chi connectivity index (χ2n) is 5.59. The molecule has 1 atom stereocenters. The second kappa shape index (κ2) is 7.88. The lowest BCUT2D eigenvalue weighted by Crippen LogP contribution is -2.39.